The van der Waals surface area contributed by atoms with Gasteiger partial charge in [-0.15, -0.1) is 6.58 Å². The number of piperidine rings is 3. The van der Waals surface area contributed by atoms with Gasteiger partial charge in [0, 0.05) is 35.9 Å². The van der Waals surface area contributed by atoms with E-state index in [4.69, 9.17) is 0 Å². The third-order valence-corrected chi connectivity index (χ3v) is 10.3. The van der Waals surface area contributed by atoms with Gasteiger partial charge in [0.15, 0.2) is 0 Å². The lowest BCUT2D eigenvalue weighted by Crippen LogP contribution is -2.67. The van der Waals surface area contributed by atoms with Gasteiger partial charge in [0.2, 0.25) is 0 Å². The predicted molar refractivity (Wildman–Crippen MR) is 172 cm³/mol. The Morgan fingerprint density at radius 2 is 1.53 bits per heavy atom. The number of para-hydroxylation sites is 1. The maximum absolute atomic E-state index is 12.5. The van der Waals surface area contributed by atoms with Crippen LogP contribution in [-0.4, -0.2) is 38.8 Å². The van der Waals surface area contributed by atoms with E-state index >= 15 is 0 Å². The van der Waals surface area contributed by atoms with Crippen LogP contribution in [0, 0.1) is 11.8 Å². The minimum absolute atomic E-state index is 0.0616. The molecule has 4 heteroatoms. The molecule has 43 heavy (non-hydrogen) atoms. The molecule has 5 aromatic rings. The Hall–Kier alpha value is -4.09. The van der Waals surface area contributed by atoms with Crippen LogP contribution in [0.5, 0.6) is 0 Å². The largest absolute Gasteiger partial charge is 0.382 e. The molecule has 0 radical (unpaired) electrons. The molecule has 216 valence electrons. The van der Waals surface area contributed by atoms with Gasteiger partial charge in [0.05, 0.1) is 18.6 Å². The summed E-state index contributed by atoms with van der Waals surface area (Å²) in [6.07, 6.45) is 5.46. The van der Waals surface area contributed by atoms with Crippen molar-refractivity contribution in [2.75, 3.05) is 13.1 Å². The van der Waals surface area contributed by atoms with Crippen molar-refractivity contribution in [2.24, 2.45) is 11.8 Å². The van der Waals surface area contributed by atoms with Crippen LogP contribution in [0.25, 0.3) is 10.9 Å². The van der Waals surface area contributed by atoms with Crippen LogP contribution in [-0.2, 0) is 12.1 Å². The lowest BCUT2D eigenvalue weighted by atomic mass is 9.71. The van der Waals surface area contributed by atoms with Crippen molar-refractivity contribution in [1.82, 2.24) is 4.98 Å². The van der Waals surface area contributed by atoms with E-state index in [-0.39, 0.29) is 6.04 Å². The van der Waals surface area contributed by atoms with Gasteiger partial charge in [-0.25, -0.2) is 0 Å². The summed E-state index contributed by atoms with van der Waals surface area (Å²) in [6.45, 7) is 6.98. The first-order chi connectivity index (χ1) is 21.0. The molecule has 3 saturated heterocycles. The number of quaternary nitrogens is 1. The first-order valence-corrected chi connectivity index (χ1v) is 15.4. The Kier molecular flexibility index (Phi) is 7.22. The van der Waals surface area contributed by atoms with E-state index in [1.807, 2.05) is 97.2 Å². The minimum Gasteiger partial charge on any atom is -0.382 e. The molecule has 0 aliphatic carbocycles. The van der Waals surface area contributed by atoms with E-state index in [1.54, 1.807) is 0 Å². The second-order valence-corrected chi connectivity index (χ2v) is 12.5. The Labute approximate surface area is 254 Å². The number of hydrogen-bond donors (Lipinski definition) is 2. The minimum atomic E-state index is -1.29. The number of benzene rings is 4. The number of fused-ring (bicyclic) bond motifs is 4. The molecule has 3 aliphatic rings. The molecule has 4 nitrogen and oxygen atoms in total. The fourth-order valence-electron chi connectivity index (χ4n) is 8.08. The molecule has 3 aliphatic heterocycles. The van der Waals surface area contributed by atoms with Crippen molar-refractivity contribution in [3.8, 4) is 0 Å². The lowest BCUT2D eigenvalue weighted by molar-refractivity contribution is -0.984. The number of aliphatic hydroxyl groups is 2. The van der Waals surface area contributed by atoms with Gasteiger partial charge in [-0.05, 0) is 46.4 Å². The molecule has 2 bridgehead atoms. The number of pyridine rings is 1. The average Bonchev–Trinajstić information content (AvgIpc) is 3.08. The van der Waals surface area contributed by atoms with E-state index in [2.05, 4.69) is 41.9 Å². The van der Waals surface area contributed by atoms with Crippen molar-refractivity contribution >= 4 is 10.9 Å². The molecule has 0 unspecified atom stereocenters. The fraction of sp³-hybridized carbons (Fsp3) is 0.256. The quantitative estimate of drug-likeness (QED) is 0.119. The fourth-order valence-corrected chi connectivity index (χ4v) is 8.08. The van der Waals surface area contributed by atoms with Crippen molar-refractivity contribution < 1.29 is 14.7 Å². The Morgan fingerprint density at radius 1 is 0.860 bits per heavy atom. The molecule has 8 rings (SSSR count). The van der Waals surface area contributed by atoms with Gasteiger partial charge in [-0.1, -0.05) is 103 Å². The highest BCUT2D eigenvalue weighted by atomic mass is 16.3. The van der Waals surface area contributed by atoms with Crippen LogP contribution in [0.2, 0.25) is 0 Å². The van der Waals surface area contributed by atoms with Crippen molar-refractivity contribution in [3.05, 3.63) is 162 Å². The van der Waals surface area contributed by atoms with E-state index in [9.17, 15) is 10.2 Å². The zero-order chi connectivity index (χ0) is 29.4. The number of hydrogen-bond acceptors (Lipinski definition) is 3. The molecule has 4 heterocycles. The maximum atomic E-state index is 12.5. The summed E-state index contributed by atoms with van der Waals surface area (Å²) in [5.41, 5.74) is 4.30. The van der Waals surface area contributed by atoms with Crippen molar-refractivity contribution in [2.45, 2.75) is 37.1 Å². The molecule has 0 amide bonds. The third kappa shape index (κ3) is 4.80. The molecule has 0 saturated carbocycles. The maximum Gasteiger partial charge on any atom is 0.140 e. The van der Waals surface area contributed by atoms with E-state index < -0.39 is 11.7 Å². The van der Waals surface area contributed by atoms with Crippen LogP contribution in [0.3, 0.4) is 0 Å². The Morgan fingerprint density at radius 3 is 2.26 bits per heavy atom. The smallest absolute Gasteiger partial charge is 0.140 e. The number of aromatic nitrogens is 1. The zero-order valence-electron chi connectivity index (χ0n) is 24.5. The van der Waals surface area contributed by atoms with E-state index in [0.29, 0.717) is 11.8 Å². The highest BCUT2D eigenvalue weighted by Crippen LogP contribution is 2.48. The van der Waals surface area contributed by atoms with Crippen LogP contribution < -0.4 is 0 Å². The van der Waals surface area contributed by atoms with Gasteiger partial charge in [-0.3, -0.25) is 4.98 Å². The standard InChI is InChI=1S/C39H39N2O2/c1-2-29-27-41(23-21-30(29)25-37(41)38(42)35-20-22-40-36-19-10-9-18-34(35)36)26-28-12-11-17-33(24-28)39(43,31-13-5-3-6-14-31)32-15-7-4-8-16-32/h2-20,22,24,29-30,37-38,42-43H,1,21,23,25-27H2/q+1/t29-,30-,37+,38-,41+/m0/s1. The molecular weight excluding hydrogens is 528 g/mol. The van der Waals surface area contributed by atoms with Gasteiger partial charge in [0.1, 0.15) is 24.3 Å². The topological polar surface area (TPSA) is 53.4 Å². The molecule has 4 aromatic carbocycles. The molecule has 0 spiro atoms. The van der Waals surface area contributed by atoms with Gasteiger partial charge < -0.3 is 14.7 Å². The van der Waals surface area contributed by atoms with Crippen LogP contribution >= 0.6 is 0 Å². The Bertz CT molecular complexity index is 1690. The van der Waals surface area contributed by atoms with Gasteiger partial charge in [0.25, 0.3) is 0 Å². The van der Waals surface area contributed by atoms with Gasteiger partial charge in [-0.2, -0.15) is 0 Å². The molecule has 3 fully saturated rings. The molecule has 1 aromatic heterocycles. The second-order valence-electron chi connectivity index (χ2n) is 12.5. The van der Waals surface area contributed by atoms with Crippen molar-refractivity contribution in [1.29, 1.82) is 0 Å². The summed E-state index contributed by atoms with van der Waals surface area (Å²) in [6, 6.07) is 38.5. The first-order valence-electron chi connectivity index (χ1n) is 15.4. The highest BCUT2D eigenvalue weighted by Gasteiger charge is 2.54. The average molecular weight is 568 g/mol. The molecule has 2 N–H and O–H groups in total. The lowest BCUT2D eigenvalue weighted by Gasteiger charge is -2.58. The summed E-state index contributed by atoms with van der Waals surface area (Å²) >= 11 is 0. The summed E-state index contributed by atoms with van der Waals surface area (Å²) in [5, 5.41) is 25.7. The number of aliphatic hydroxyl groups excluding tert-OH is 1. The van der Waals surface area contributed by atoms with Crippen LogP contribution in [0.1, 0.15) is 46.8 Å². The van der Waals surface area contributed by atoms with Crippen molar-refractivity contribution in [3.63, 3.8) is 0 Å². The highest BCUT2D eigenvalue weighted by molar-refractivity contribution is 5.82. The summed E-state index contributed by atoms with van der Waals surface area (Å²) in [5.74, 6) is 0.970. The van der Waals surface area contributed by atoms with E-state index in [0.717, 1.165) is 70.1 Å². The molecule has 5 atom stereocenters. The zero-order valence-corrected chi connectivity index (χ0v) is 24.5. The van der Waals surface area contributed by atoms with Crippen LogP contribution in [0.4, 0.5) is 0 Å². The van der Waals surface area contributed by atoms with Gasteiger partial charge >= 0.3 is 0 Å². The molecular formula is C39H39N2O2+. The third-order valence-electron chi connectivity index (χ3n) is 10.3. The second kappa shape index (κ2) is 11.2. The number of rotatable bonds is 8. The van der Waals surface area contributed by atoms with E-state index in [1.165, 1.54) is 5.56 Å². The normalized spacial score (nSPS) is 24.1. The number of nitrogens with zero attached hydrogens (tertiary/aromatic N) is 2. The predicted octanol–water partition coefficient (Wildman–Crippen LogP) is 7.16. The summed E-state index contributed by atoms with van der Waals surface area (Å²) in [4.78, 5) is 4.56. The SMILES string of the molecule is C=C[C@H]1C[N@+]2(Cc3cccc(C(O)(c4ccccc4)c4ccccc4)c3)CC[C@H]1C[C@@H]2[C@@H](O)c1ccnc2ccccc12. The summed E-state index contributed by atoms with van der Waals surface area (Å²) in [7, 11) is 0. The first kappa shape index (κ1) is 27.7. The summed E-state index contributed by atoms with van der Waals surface area (Å²) < 4.78 is 0.809. The monoisotopic (exact) mass is 567 g/mol. The Balaban J connectivity index is 1.29. The van der Waals surface area contributed by atoms with Crippen LogP contribution in [0.15, 0.2) is 134 Å².